The van der Waals surface area contributed by atoms with Gasteiger partial charge in [0.1, 0.15) is 0 Å². The van der Waals surface area contributed by atoms with Gasteiger partial charge >= 0.3 is 0 Å². The van der Waals surface area contributed by atoms with Crippen molar-refractivity contribution in [3.8, 4) is 0 Å². The van der Waals surface area contributed by atoms with E-state index in [1.807, 2.05) is 0 Å². The molecular weight excluding hydrogens is 334 g/mol. The Morgan fingerprint density at radius 3 is 2.52 bits per heavy atom. The molecular formula is C16H13NO4S2. The van der Waals surface area contributed by atoms with Crippen molar-refractivity contribution >= 4 is 27.1 Å². The lowest BCUT2D eigenvalue weighted by Crippen LogP contribution is -2.22. The van der Waals surface area contributed by atoms with Crippen LogP contribution in [0.25, 0.3) is 0 Å². The number of hydrogen-bond acceptors (Lipinski definition) is 5. The monoisotopic (exact) mass is 347 g/mol. The van der Waals surface area contributed by atoms with E-state index in [1.165, 1.54) is 29.7 Å². The molecule has 1 aromatic carbocycles. The van der Waals surface area contributed by atoms with Crippen molar-refractivity contribution in [3.05, 3.63) is 76.4 Å². The maximum atomic E-state index is 12.1. The van der Waals surface area contributed by atoms with E-state index in [4.69, 9.17) is 4.42 Å². The molecule has 118 valence electrons. The van der Waals surface area contributed by atoms with Crippen LogP contribution in [0.2, 0.25) is 0 Å². The molecule has 0 bridgehead atoms. The first-order valence-corrected chi connectivity index (χ1v) is 9.08. The topological polar surface area (TPSA) is 76.4 Å². The third kappa shape index (κ3) is 3.58. The summed E-state index contributed by atoms with van der Waals surface area (Å²) in [5.41, 5.74) is 0. The van der Waals surface area contributed by atoms with E-state index in [0.717, 1.165) is 4.88 Å². The largest absolute Gasteiger partial charge is 0.461 e. The molecule has 0 aliphatic heterocycles. The Bertz CT molecular complexity index is 897. The van der Waals surface area contributed by atoms with Crippen LogP contribution in [0.3, 0.4) is 0 Å². The summed E-state index contributed by atoms with van der Waals surface area (Å²) < 4.78 is 31.9. The molecule has 0 fully saturated rings. The second-order valence-corrected chi connectivity index (χ2v) is 7.65. The smallest absolute Gasteiger partial charge is 0.240 e. The average Bonchev–Trinajstić information content (AvgIpc) is 3.25. The molecule has 0 atom stereocenters. The number of nitrogens with one attached hydrogen (secondary N) is 1. The molecule has 0 aliphatic rings. The maximum absolute atomic E-state index is 12.1. The molecule has 0 spiro atoms. The summed E-state index contributed by atoms with van der Waals surface area (Å²) >= 11 is 1.24. The van der Waals surface area contributed by atoms with Crippen molar-refractivity contribution in [1.82, 2.24) is 4.72 Å². The molecule has 0 saturated heterocycles. The van der Waals surface area contributed by atoms with E-state index in [2.05, 4.69) is 4.72 Å². The lowest BCUT2D eigenvalue weighted by atomic mass is 10.2. The van der Waals surface area contributed by atoms with Crippen molar-refractivity contribution in [3.63, 3.8) is 0 Å². The lowest BCUT2D eigenvalue weighted by Gasteiger charge is -2.05. The maximum Gasteiger partial charge on any atom is 0.240 e. The van der Waals surface area contributed by atoms with Gasteiger partial charge < -0.3 is 4.42 Å². The number of rotatable bonds is 6. The van der Waals surface area contributed by atoms with Crippen molar-refractivity contribution in [1.29, 1.82) is 0 Å². The van der Waals surface area contributed by atoms with Gasteiger partial charge in [-0.2, -0.15) is 0 Å². The number of carbonyl (C=O) groups is 1. The Balaban J connectivity index is 1.69. The van der Waals surface area contributed by atoms with Gasteiger partial charge in [-0.25, -0.2) is 13.1 Å². The summed E-state index contributed by atoms with van der Waals surface area (Å²) in [7, 11) is -3.56. The zero-order chi connectivity index (χ0) is 16.3. The second kappa shape index (κ2) is 6.49. The van der Waals surface area contributed by atoms with Gasteiger partial charge in [-0.05, 0) is 36.4 Å². The first kappa shape index (κ1) is 15.7. The predicted octanol–water partition coefficient (Wildman–Crippen LogP) is 3.05. The number of sulfonamides is 1. The standard InChI is InChI=1S/C16H13NO4S2/c18-16(14-7-4-10-21-14)15-9-8-12(22-15)11-17-23(19,20)13-5-2-1-3-6-13/h1-10,17H,11H2. The number of benzene rings is 1. The Labute approximate surface area is 137 Å². The fraction of sp³-hybridized carbons (Fsp3) is 0.0625. The highest BCUT2D eigenvalue weighted by Gasteiger charge is 2.16. The minimum atomic E-state index is -3.56. The summed E-state index contributed by atoms with van der Waals surface area (Å²) in [5.74, 6) is 0.0560. The Hall–Kier alpha value is -2.22. The average molecular weight is 347 g/mol. The molecule has 7 heteroatoms. The SMILES string of the molecule is O=C(c1ccco1)c1ccc(CNS(=O)(=O)c2ccccc2)s1. The minimum absolute atomic E-state index is 0.132. The highest BCUT2D eigenvalue weighted by atomic mass is 32.2. The molecule has 0 unspecified atom stereocenters. The van der Waals surface area contributed by atoms with Gasteiger partial charge in [-0.15, -0.1) is 11.3 Å². The van der Waals surface area contributed by atoms with Crippen molar-refractivity contribution in [2.45, 2.75) is 11.4 Å². The van der Waals surface area contributed by atoms with Crippen molar-refractivity contribution in [2.24, 2.45) is 0 Å². The molecule has 0 aliphatic carbocycles. The Morgan fingerprint density at radius 2 is 1.83 bits per heavy atom. The molecule has 1 N–H and O–H groups in total. The number of ketones is 1. The van der Waals surface area contributed by atoms with E-state index < -0.39 is 10.0 Å². The number of carbonyl (C=O) groups excluding carboxylic acids is 1. The first-order chi connectivity index (χ1) is 11.1. The Morgan fingerprint density at radius 1 is 1.04 bits per heavy atom. The molecule has 0 radical (unpaired) electrons. The van der Waals surface area contributed by atoms with Crippen LogP contribution in [0, 0.1) is 0 Å². The summed E-state index contributed by atoms with van der Waals surface area (Å²) in [5, 5.41) is 0. The van der Waals surface area contributed by atoms with Crippen LogP contribution in [0.4, 0.5) is 0 Å². The first-order valence-electron chi connectivity index (χ1n) is 6.78. The molecule has 0 saturated carbocycles. The van der Waals surface area contributed by atoms with Gasteiger partial charge in [0.15, 0.2) is 5.76 Å². The molecule has 5 nitrogen and oxygen atoms in total. The second-order valence-electron chi connectivity index (χ2n) is 4.71. The number of thiophene rings is 1. The van der Waals surface area contributed by atoms with Gasteiger partial charge in [0.05, 0.1) is 16.0 Å². The van der Waals surface area contributed by atoms with Crippen LogP contribution in [0.15, 0.2) is 70.2 Å². The van der Waals surface area contributed by atoms with Crippen LogP contribution in [-0.2, 0) is 16.6 Å². The fourth-order valence-corrected chi connectivity index (χ4v) is 3.98. The van der Waals surface area contributed by atoms with Crippen LogP contribution in [0.1, 0.15) is 20.3 Å². The summed E-state index contributed by atoms with van der Waals surface area (Å²) in [6.07, 6.45) is 1.44. The fourth-order valence-electron chi connectivity index (χ4n) is 1.97. The zero-order valence-corrected chi connectivity index (χ0v) is 13.6. The van der Waals surface area contributed by atoms with Crippen molar-refractivity contribution < 1.29 is 17.6 Å². The van der Waals surface area contributed by atoms with E-state index in [1.54, 1.807) is 42.5 Å². The predicted molar refractivity (Wildman–Crippen MR) is 86.9 cm³/mol. The molecule has 23 heavy (non-hydrogen) atoms. The molecule has 2 aromatic heterocycles. The summed E-state index contributed by atoms with van der Waals surface area (Å²) in [6.45, 7) is 0.132. The van der Waals surface area contributed by atoms with Crippen LogP contribution in [0.5, 0.6) is 0 Å². The van der Waals surface area contributed by atoms with Gasteiger partial charge in [0.2, 0.25) is 15.8 Å². The molecule has 0 amide bonds. The van der Waals surface area contributed by atoms with Crippen LogP contribution >= 0.6 is 11.3 Å². The minimum Gasteiger partial charge on any atom is -0.461 e. The van der Waals surface area contributed by atoms with E-state index in [9.17, 15) is 13.2 Å². The van der Waals surface area contributed by atoms with Gasteiger partial charge in [-0.1, -0.05) is 18.2 Å². The van der Waals surface area contributed by atoms with E-state index in [0.29, 0.717) is 4.88 Å². The summed E-state index contributed by atoms with van der Waals surface area (Å²) in [4.78, 5) is 13.6. The summed E-state index contributed by atoms with van der Waals surface area (Å²) in [6, 6.07) is 14.8. The van der Waals surface area contributed by atoms with E-state index >= 15 is 0 Å². The van der Waals surface area contributed by atoms with Crippen LogP contribution < -0.4 is 4.72 Å². The normalized spacial score (nSPS) is 11.5. The number of furan rings is 1. The highest BCUT2D eigenvalue weighted by molar-refractivity contribution is 7.89. The lowest BCUT2D eigenvalue weighted by molar-refractivity contribution is 0.101. The Kier molecular flexibility index (Phi) is 4.42. The molecule has 3 aromatic rings. The van der Waals surface area contributed by atoms with Gasteiger partial charge in [0.25, 0.3) is 0 Å². The van der Waals surface area contributed by atoms with Crippen LogP contribution in [-0.4, -0.2) is 14.2 Å². The zero-order valence-electron chi connectivity index (χ0n) is 11.9. The van der Waals surface area contributed by atoms with E-state index in [-0.39, 0.29) is 23.0 Å². The van der Waals surface area contributed by atoms with Gasteiger partial charge in [0, 0.05) is 11.4 Å². The number of hydrogen-bond donors (Lipinski definition) is 1. The third-order valence-corrected chi connectivity index (χ3v) is 5.62. The highest BCUT2D eigenvalue weighted by Crippen LogP contribution is 2.21. The molecule has 2 heterocycles. The van der Waals surface area contributed by atoms with Crippen molar-refractivity contribution in [2.75, 3.05) is 0 Å². The van der Waals surface area contributed by atoms with Gasteiger partial charge in [-0.3, -0.25) is 4.79 Å². The molecule has 3 rings (SSSR count). The third-order valence-electron chi connectivity index (χ3n) is 3.12. The quantitative estimate of drug-likeness (QED) is 0.695.